The molecule has 0 aromatic heterocycles. The van der Waals surface area contributed by atoms with Crippen LogP contribution in [0.1, 0.15) is 26.7 Å². The first-order valence-corrected chi connectivity index (χ1v) is 8.07. The van der Waals surface area contributed by atoms with Gasteiger partial charge in [-0.15, -0.1) is 23.2 Å². The fraction of sp³-hybridized carbons (Fsp3) is 0.643. The second kappa shape index (κ2) is 6.97. The first-order chi connectivity index (χ1) is 10.8. The Morgan fingerprint density at radius 3 is 2.48 bits per heavy atom. The summed E-state index contributed by atoms with van der Waals surface area (Å²) in [6.45, 7) is 3.44. The summed E-state index contributed by atoms with van der Waals surface area (Å²) in [7, 11) is 0. The summed E-state index contributed by atoms with van der Waals surface area (Å²) in [5, 5.41) is 5.12. The van der Waals surface area contributed by atoms with Crippen LogP contribution in [0.3, 0.4) is 0 Å². The maximum Gasteiger partial charge on any atom is 0.338 e. The molecule has 23 heavy (non-hydrogen) atoms. The highest BCUT2D eigenvalue weighted by Crippen LogP contribution is 2.53. The topological polar surface area (TPSA) is 93.7 Å². The predicted molar refractivity (Wildman–Crippen MR) is 82.9 cm³/mol. The number of halogens is 2. The molecule has 0 spiro atoms. The Hall–Kier alpha value is -1.47. The van der Waals surface area contributed by atoms with E-state index in [4.69, 9.17) is 32.7 Å². The lowest BCUT2D eigenvalue weighted by Crippen LogP contribution is -2.51. The van der Waals surface area contributed by atoms with Crippen LogP contribution < -0.4 is 10.6 Å². The zero-order valence-corrected chi connectivity index (χ0v) is 14.3. The smallest absolute Gasteiger partial charge is 0.338 e. The van der Waals surface area contributed by atoms with Crippen molar-refractivity contribution in [2.75, 3.05) is 13.2 Å². The summed E-state index contributed by atoms with van der Waals surface area (Å²) in [5.74, 6) is -1.71. The molecule has 7 nitrogen and oxygen atoms in total. The van der Waals surface area contributed by atoms with Gasteiger partial charge in [-0.25, -0.2) is 9.59 Å². The highest BCUT2D eigenvalue weighted by atomic mass is 35.5. The molecule has 0 radical (unpaired) electrons. The number of ether oxygens (including phenoxy) is 2. The molecule has 0 aromatic rings. The number of hydrogen-bond acceptors (Lipinski definition) is 5. The van der Waals surface area contributed by atoms with E-state index >= 15 is 0 Å². The Morgan fingerprint density at radius 1 is 1.30 bits per heavy atom. The molecule has 0 bridgehead atoms. The van der Waals surface area contributed by atoms with Crippen LogP contribution in [-0.4, -0.2) is 41.6 Å². The van der Waals surface area contributed by atoms with E-state index in [9.17, 15) is 14.4 Å². The van der Waals surface area contributed by atoms with E-state index in [1.807, 2.05) is 6.92 Å². The third kappa shape index (κ3) is 4.09. The summed E-state index contributed by atoms with van der Waals surface area (Å²) >= 11 is 11.6. The van der Waals surface area contributed by atoms with Crippen molar-refractivity contribution in [3.05, 3.63) is 11.3 Å². The number of rotatable bonds is 6. The zero-order valence-electron chi connectivity index (χ0n) is 12.8. The monoisotopic (exact) mass is 364 g/mol. The van der Waals surface area contributed by atoms with E-state index in [0.717, 1.165) is 0 Å². The van der Waals surface area contributed by atoms with Crippen molar-refractivity contribution in [1.82, 2.24) is 10.6 Å². The number of nitrogens with one attached hydrogen (secondary N) is 2. The van der Waals surface area contributed by atoms with Gasteiger partial charge in [0.25, 0.3) is 0 Å². The molecule has 1 fully saturated rings. The number of urea groups is 1. The van der Waals surface area contributed by atoms with Crippen LogP contribution in [0, 0.1) is 5.92 Å². The van der Waals surface area contributed by atoms with Crippen LogP contribution in [0.2, 0.25) is 0 Å². The Kier molecular flexibility index (Phi) is 5.41. The molecule has 2 unspecified atom stereocenters. The van der Waals surface area contributed by atoms with E-state index in [2.05, 4.69) is 10.6 Å². The standard InChI is InChI=1S/C14H18Cl2N2O5/c1-3-8-10(12(20)22-4-2)9(18-13(21)17-8)6-23-11(19)7-5-14(7,15)16/h7-8H,3-6H2,1-2H3,(H2,17,18,21). The minimum Gasteiger partial charge on any atom is -0.463 e. The van der Waals surface area contributed by atoms with Crippen molar-refractivity contribution in [3.63, 3.8) is 0 Å². The van der Waals surface area contributed by atoms with Crippen molar-refractivity contribution in [2.24, 2.45) is 5.92 Å². The Morgan fingerprint density at radius 2 is 1.96 bits per heavy atom. The van der Waals surface area contributed by atoms with E-state index in [-0.39, 0.29) is 24.5 Å². The highest BCUT2D eigenvalue weighted by molar-refractivity contribution is 6.52. The van der Waals surface area contributed by atoms with Crippen LogP contribution in [0.5, 0.6) is 0 Å². The molecule has 1 heterocycles. The van der Waals surface area contributed by atoms with Crippen molar-refractivity contribution in [3.8, 4) is 0 Å². The van der Waals surface area contributed by atoms with E-state index in [1.54, 1.807) is 6.92 Å². The minimum absolute atomic E-state index is 0.197. The van der Waals surface area contributed by atoms with Gasteiger partial charge in [0.1, 0.15) is 10.9 Å². The SMILES string of the molecule is CCOC(=O)C1=C(COC(=O)C2CC2(Cl)Cl)NC(=O)NC1CC. The Bertz CT molecular complexity index is 561. The molecule has 1 aliphatic carbocycles. The van der Waals surface area contributed by atoms with Crippen LogP contribution in [-0.2, 0) is 19.1 Å². The fourth-order valence-corrected chi connectivity index (χ4v) is 2.78. The average molecular weight is 365 g/mol. The second-order valence-corrected chi connectivity index (χ2v) is 6.84. The molecule has 2 aliphatic rings. The lowest BCUT2D eigenvalue weighted by molar-refractivity contribution is -0.145. The molecule has 2 rings (SSSR count). The van der Waals surface area contributed by atoms with Gasteiger partial charge in [-0.2, -0.15) is 0 Å². The molecule has 2 amide bonds. The van der Waals surface area contributed by atoms with Crippen molar-refractivity contribution in [2.45, 2.75) is 37.1 Å². The van der Waals surface area contributed by atoms with E-state index in [1.165, 1.54) is 0 Å². The predicted octanol–water partition coefficient (Wildman–Crippen LogP) is 1.63. The number of carbonyl (C=O) groups is 3. The van der Waals surface area contributed by atoms with E-state index in [0.29, 0.717) is 12.8 Å². The lowest BCUT2D eigenvalue weighted by atomic mass is 10.0. The molecule has 128 valence electrons. The van der Waals surface area contributed by atoms with Gasteiger partial charge in [-0.3, -0.25) is 4.79 Å². The van der Waals surface area contributed by atoms with Gasteiger partial charge in [0, 0.05) is 0 Å². The fourth-order valence-electron chi connectivity index (χ4n) is 2.29. The summed E-state index contributed by atoms with van der Waals surface area (Å²) < 4.78 is 9.05. The number of alkyl halides is 2. The molecule has 0 aromatic carbocycles. The average Bonchev–Trinajstić information content (AvgIpc) is 3.13. The van der Waals surface area contributed by atoms with Crippen LogP contribution >= 0.6 is 23.2 Å². The lowest BCUT2D eigenvalue weighted by Gasteiger charge is -2.28. The number of esters is 2. The molecule has 9 heteroatoms. The minimum atomic E-state index is -1.08. The van der Waals surface area contributed by atoms with Gasteiger partial charge in [0.05, 0.1) is 29.8 Å². The number of amides is 2. The largest absolute Gasteiger partial charge is 0.463 e. The normalized spacial score (nSPS) is 25.3. The first-order valence-electron chi connectivity index (χ1n) is 7.32. The van der Waals surface area contributed by atoms with Gasteiger partial charge >= 0.3 is 18.0 Å². The van der Waals surface area contributed by atoms with Gasteiger partial charge in [0.15, 0.2) is 0 Å². The first kappa shape index (κ1) is 17.9. The van der Waals surface area contributed by atoms with Crippen molar-refractivity contribution in [1.29, 1.82) is 0 Å². The van der Waals surface area contributed by atoms with Gasteiger partial charge in [-0.05, 0) is 19.8 Å². The van der Waals surface area contributed by atoms with Crippen LogP contribution in [0.15, 0.2) is 11.3 Å². The summed E-state index contributed by atoms with van der Waals surface area (Å²) in [5.41, 5.74) is 0.461. The quantitative estimate of drug-likeness (QED) is 0.551. The zero-order chi connectivity index (χ0) is 17.2. The Labute approximate surface area is 143 Å². The second-order valence-electron chi connectivity index (χ2n) is 5.30. The highest BCUT2D eigenvalue weighted by Gasteiger charge is 2.57. The molecular formula is C14H18Cl2N2O5. The Balaban J connectivity index is 2.13. The number of carbonyl (C=O) groups excluding carboxylic acids is 3. The summed E-state index contributed by atoms with van der Waals surface area (Å²) in [6, 6.07) is -0.969. The molecule has 1 saturated carbocycles. The van der Waals surface area contributed by atoms with E-state index < -0.39 is 34.3 Å². The molecular weight excluding hydrogens is 347 g/mol. The van der Waals surface area contributed by atoms with Crippen molar-refractivity contribution < 1.29 is 23.9 Å². The van der Waals surface area contributed by atoms with Crippen molar-refractivity contribution >= 4 is 41.2 Å². The molecule has 1 aliphatic heterocycles. The van der Waals surface area contributed by atoms with Crippen LogP contribution in [0.25, 0.3) is 0 Å². The molecule has 2 N–H and O–H groups in total. The molecule has 0 saturated heterocycles. The maximum absolute atomic E-state index is 12.1. The third-order valence-corrected chi connectivity index (χ3v) is 4.45. The van der Waals surface area contributed by atoms with Gasteiger partial charge in [0.2, 0.25) is 0 Å². The summed E-state index contributed by atoms with van der Waals surface area (Å²) in [6.07, 6.45) is 0.818. The van der Waals surface area contributed by atoms with Crippen LogP contribution in [0.4, 0.5) is 4.79 Å². The third-order valence-electron chi connectivity index (χ3n) is 3.62. The van der Waals surface area contributed by atoms with Gasteiger partial charge < -0.3 is 20.1 Å². The summed E-state index contributed by atoms with van der Waals surface area (Å²) in [4.78, 5) is 35.6. The maximum atomic E-state index is 12.1. The number of hydrogen-bond donors (Lipinski definition) is 2. The van der Waals surface area contributed by atoms with Gasteiger partial charge in [-0.1, -0.05) is 6.92 Å². The molecule has 2 atom stereocenters.